The van der Waals surface area contributed by atoms with Crippen LogP contribution in [0.15, 0.2) is 12.3 Å². The lowest BCUT2D eigenvalue weighted by atomic mass is 10.2. The molecule has 0 fully saturated rings. The Bertz CT molecular complexity index is 582. The van der Waals surface area contributed by atoms with Crippen LogP contribution in [-0.2, 0) is 4.74 Å². The molecule has 0 radical (unpaired) electrons. The lowest BCUT2D eigenvalue weighted by Crippen LogP contribution is -2.16. The minimum Gasteiger partial charge on any atom is -0.465 e. The van der Waals surface area contributed by atoms with E-state index in [-0.39, 0.29) is 16.9 Å². The zero-order valence-electron chi connectivity index (χ0n) is 11.2. The van der Waals surface area contributed by atoms with E-state index in [0.717, 1.165) is 6.07 Å². The van der Waals surface area contributed by atoms with Gasteiger partial charge in [-0.1, -0.05) is 19.6 Å². The van der Waals surface area contributed by atoms with Crippen LogP contribution in [-0.4, -0.2) is 31.1 Å². The molecule has 7 heteroatoms. The average Bonchev–Trinajstić information content (AvgIpc) is 2.34. The van der Waals surface area contributed by atoms with Crippen molar-refractivity contribution in [2.75, 3.05) is 7.11 Å². The molecule has 100 valence electrons. The summed E-state index contributed by atoms with van der Waals surface area (Å²) in [5.74, 6) is 2.06. The summed E-state index contributed by atoms with van der Waals surface area (Å²) >= 11 is 0. The normalized spacial score (nSPS) is 10.3. The Morgan fingerprint density at radius 2 is 2.11 bits per heavy atom. The molecule has 0 spiro atoms. The molecule has 19 heavy (non-hydrogen) atoms. The Morgan fingerprint density at radius 3 is 2.58 bits per heavy atom. The number of hydrogen-bond donors (Lipinski definition) is 0. The summed E-state index contributed by atoms with van der Waals surface area (Å²) in [6.45, 7) is 6.07. The van der Waals surface area contributed by atoms with E-state index in [1.165, 1.54) is 13.3 Å². The van der Waals surface area contributed by atoms with E-state index in [9.17, 15) is 14.9 Å². The van der Waals surface area contributed by atoms with Crippen LogP contribution in [0.25, 0.3) is 0 Å². The second kappa shape index (κ2) is 5.62. The largest absolute Gasteiger partial charge is 0.465 e. The summed E-state index contributed by atoms with van der Waals surface area (Å²) in [7, 11) is -0.454. The fourth-order valence-corrected chi connectivity index (χ4v) is 1.66. The molecule has 6 nitrogen and oxygen atoms in total. The van der Waals surface area contributed by atoms with Gasteiger partial charge in [0.1, 0.15) is 8.07 Å². The van der Waals surface area contributed by atoms with Gasteiger partial charge in [-0.2, -0.15) is 0 Å². The maximum atomic E-state index is 11.3. The highest BCUT2D eigenvalue weighted by Crippen LogP contribution is 2.17. The molecule has 0 saturated heterocycles. The molecule has 0 aliphatic carbocycles. The molecule has 0 atom stereocenters. The summed E-state index contributed by atoms with van der Waals surface area (Å²) in [4.78, 5) is 25.5. The smallest absolute Gasteiger partial charge is 0.339 e. The van der Waals surface area contributed by atoms with Gasteiger partial charge in [0.15, 0.2) is 5.69 Å². The lowest BCUT2D eigenvalue weighted by molar-refractivity contribution is -0.385. The van der Waals surface area contributed by atoms with Crippen LogP contribution in [0.2, 0.25) is 19.6 Å². The van der Waals surface area contributed by atoms with Crippen LogP contribution in [0.1, 0.15) is 16.1 Å². The number of methoxy groups -OCH3 is 1. The van der Waals surface area contributed by atoms with E-state index in [4.69, 9.17) is 0 Å². The molecule has 0 aromatic carbocycles. The number of carbonyl (C=O) groups is 1. The van der Waals surface area contributed by atoms with Crippen molar-refractivity contribution in [1.82, 2.24) is 4.98 Å². The minimum atomic E-state index is -1.66. The Labute approximate surface area is 112 Å². The number of hydrogen-bond acceptors (Lipinski definition) is 5. The first-order valence-corrected chi connectivity index (χ1v) is 9.00. The highest BCUT2D eigenvalue weighted by Gasteiger charge is 2.18. The summed E-state index contributed by atoms with van der Waals surface area (Å²) < 4.78 is 4.49. The van der Waals surface area contributed by atoms with Crippen LogP contribution in [0.3, 0.4) is 0 Å². The molecular weight excluding hydrogens is 264 g/mol. The van der Waals surface area contributed by atoms with E-state index in [2.05, 4.69) is 21.2 Å². The monoisotopic (exact) mass is 278 g/mol. The fourth-order valence-electron chi connectivity index (χ4n) is 1.16. The summed E-state index contributed by atoms with van der Waals surface area (Å²) in [5.41, 5.74) is 2.82. The quantitative estimate of drug-likeness (QED) is 0.272. The Hall–Kier alpha value is -2.20. The van der Waals surface area contributed by atoms with Crippen molar-refractivity contribution in [2.45, 2.75) is 19.6 Å². The highest BCUT2D eigenvalue weighted by atomic mass is 28.3. The zero-order valence-corrected chi connectivity index (χ0v) is 12.2. The van der Waals surface area contributed by atoms with E-state index in [0.29, 0.717) is 0 Å². The van der Waals surface area contributed by atoms with Crippen LogP contribution in [0.5, 0.6) is 0 Å². The topological polar surface area (TPSA) is 82.3 Å². The molecule has 0 unspecified atom stereocenters. The van der Waals surface area contributed by atoms with Crippen molar-refractivity contribution in [3.05, 3.63) is 33.6 Å². The zero-order chi connectivity index (χ0) is 14.6. The van der Waals surface area contributed by atoms with Crippen molar-refractivity contribution in [3.8, 4) is 11.5 Å². The Balaban J connectivity index is 3.30. The predicted octanol–water partition coefficient (Wildman–Crippen LogP) is 2.01. The minimum absolute atomic E-state index is 0.0350. The number of nitro groups is 1. The number of nitrogens with zero attached hydrogens (tertiary/aromatic N) is 2. The van der Waals surface area contributed by atoms with E-state index >= 15 is 0 Å². The van der Waals surface area contributed by atoms with Gasteiger partial charge in [-0.25, -0.2) is 9.78 Å². The molecule has 0 N–H and O–H groups in total. The van der Waals surface area contributed by atoms with Crippen molar-refractivity contribution in [2.24, 2.45) is 0 Å². The summed E-state index contributed by atoms with van der Waals surface area (Å²) in [5, 5.41) is 11.0. The average molecular weight is 278 g/mol. The third-order valence-corrected chi connectivity index (χ3v) is 2.92. The second-order valence-electron chi connectivity index (χ2n) is 4.84. The van der Waals surface area contributed by atoms with Crippen LogP contribution < -0.4 is 0 Å². The van der Waals surface area contributed by atoms with Gasteiger partial charge < -0.3 is 4.74 Å². The first-order chi connectivity index (χ1) is 8.74. The fraction of sp³-hybridized carbons (Fsp3) is 0.333. The molecule has 0 amide bonds. The standard InChI is InChI=1S/C12H14N2O4Si/c1-18-12(15)9-7-11(14(16)17)10(13-8-9)5-6-19(2,3)4/h7-8H,1-4H3. The number of ether oxygens (including phenoxy) is 1. The third-order valence-electron chi connectivity index (χ3n) is 2.04. The van der Waals surface area contributed by atoms with Crippen molar-refractivity contribution >= 4 is 19.7 Å². The molecule has 1 aromatic heterocycles. The van der Waals surface area contributed by atoms with Gasteiger partial charge in [0.2, 0.25) is 0 Å². The molecule has 1 aromatic rings. The van der Waals surface area contributed by atoms with Crippen molar-refractivity contribution < 1.29 is 14.5 Å². The highest BCUT2D eigenvalue weighted by molar-refractivity contribution is 6.83. The number of esters is 1. The van der Waals surface area contributed by atoms with Crippen molar-refractivity contribution in [1.29, 1.82) is 0 Å². The lowest BCUT2D eigenvalue weighted by Gasteiger charge is -2.04. The van der Waals surface area contributed by atoms with Crippen LogP contribution >= 0.6 is 0 Å². The van der Waals surface area contributed by atoms with Gasteiger partial charge in [-0.05, 0) is 5.92 Å². The third kappa shape index (κ3) is 4.19. The molecule has 0 aliphatic heterocycles. The number of carbonyl (C=O) groups excluding carboxylic acids is 1. The SMILES string of the molecule is COC(=O)c1cnc(C#C[Si](C)(C)C)c([N+](=O)[O-])c1. The summed E-state index contributed by atoms with van der Waals surface area (Å²) in [6, 6.07) is 1.13. The van der Waals surface area contributed by atoms with Gasteiger partial charge in [0.05, 0.1) is 17.6 Å². The number of pyridine rings is 1. The van der Waals surface area contributed by atoms with E-state index in [1.807, 2.05) is 19.6 Å². The molecule has 0 saturated carbocycles. The van der Waals surface area contributed by atoms with Gasteiger partial charge in [0, 0.05) is 12.3 Å². The summed E-state index contributed by atoms with van der Waals surface area (Å²) in [6.07, 6.45) is 1.23. The Kier molecular flexibility index (Phi) is 4.40. The van der Waals surface area contributed by atoms with E-state index in [1.54, 1.807) is 0 Å². The molecule has 1 rings (SSSR count). The number of aromatic nitrogens is 1. The van der Waals surface area contributed by atoms with Crippen LogP contribution in [0, 0.1) is 21.6 Å². The van der Waals surface area contributed by atoms with Crippen LogP contribution in [0.4, 0.5) is 5.69 Å². The second-order valence-corrected chi connectivity index (χ2v) is 9.59. The molecular formula is C12H14N2O4Si. The molecule has 0 aliphatic rings. The van der Waals surface area contributed by atoms with Crippen molar-refractivity contribution in [3.63, 3.8) is 0 Å². The predicted molar refractivity (Wildman–Crippen MR) is 72.5 cm³/mol. The first kappa shape index (κ1) is 14.9. The number of rotatable bonds is 2. The molecule has 0 bridgehead atoms. The Morgan fingerprint density at radius 1 is 1.47 bits per heavy atom. The van der Waals surface area contributed by atoms with Gasteiger partial charge in [0.25, 0.3) is 0 Å². The maximum absolute atomic E-state index is 11.3. The van der Waals surface area contributed by atoms with Gasteiger partial charge in [-0.15, -0.1) is 5.54 Å². The van der Waals surface area contributed by atoms with Gasteiger partial charge in [-0.3, -0.25) is 10.1 Å². The first-order valence-electron chi connectivity index (χ1n) is 5.50. The van der Waals surface area contributed by atoms with E-state index < -0.39 is 19.0 Å². The molecule has 1 heterocycles. The maximum Gasteiger partial charge on any atom is 0.339 e. The van der Waals surface area contributed by atoms with Gasteiger partial charge >= 0.3 is 11.7 Å².